The van der Waals surface area contributed by atoms with E-state index in [1.54, 1.807) is 0 Å². The largest absolute Gasteiger partial charge is 0.339 e. The Hall–Kier alpha value is -1.35. The van der Waals surface area contributed by atoms with Gasteiger partial charge in [0, 0.05) is 17.9 Å². The Morgan fingerprint density at radius 1 is 1.21 bits per heavy atom. The third-order valence-electron chi connectivity index (χ3n) is 1.81. The van der Waals surface area contributed by atoms with Gasteiger partial charge in [-0.05, 0) is 0 Å². The predicted octanol–water partition coefficient (Wildman–Crippen LogP) is 2.52. The maximum atomic E-state index is 5.56. The van der Waals surface area contributed by atoms with Crippen molar-refractivity contribution in [3.8, 4) is 11.4 Å². The minimum Gasteiger partial charge on any atom is -0.339 e. The maximum Gasteiger partial charge on any atom is 0.228 e. The van der Waals surface area contributed by atoms with Crippen LogP contribution in [0.2, 0.25) is 0 Å². The van der Waals surface area contributed by atoms with Gasteiger partial charge in [0.05, 0.1) is 0 Å². The van der Waals surface area contributed by atoms with Crippen molar-refractivity contribution in [2.75, 3.05) is 5.88 Å². The van der Waals surface area contributed by atoms with E-state index < -0.39 is 0 Å². The minimum atomic E-state index is 0.496. The van der Waals surface area contributed by atoms with Gasteiger partial charge in [-0.15, -0.1) is 11.6 Å². The van der Waals surface area contributed by atoms with Gasteiger partial charge in [0.2, 0.25) is 11.7 Å². The molecule has 0 amide bonds. The summed E-state index contributed by atoms with van der Waals surface area (Å²) >= 11 is 5.56. The maximum absolute atomic E-state index is 5.56. The summed E-state index contributed by atoms with van der Waals surface area (Å²) in [5, 5.41) is 3.86. The van der Waals surface area contributed by atoms with Crippen LogP contribution in [0, 0.1) is 0 Å². The third kappa shape index (κ3) is 1.93. The average Bonchev–Trinajstić information content (AvgIpc) is 2.68. The van der Waals surface area contributed by atoms with Crippen LogP contribution in [0.3, 0.4) is 0 Å². The van der Waals surface area contributed by atoms with Crippen LogP contribution in [-0.2, 0) is 6.42 Å². The first kappa shape index (κ1) is 9.21. The number of nitrogens with zero attached hydrogens (tertiary/aromatic N) is 2. The molecule has 0 bridgehead atoms. The molecule has 2 aromatic rings. The molecule has 0 fully saturated rings. The van der Waals surface area contributed by atoms with Crippen LogP contribution < -0.4 is 0 Å². The molecule has 0 aliphatic carbocycles. The molecule has 0 N–H and O–H groups in total. The molecule has 2 rings (SSSR count). The van der Waals surface area contributed by atoms with Gasteiger partial charge in [-0.3, -0.25) is 0 Å². The van der Waals surface area contributed by atoms with Crippen LogP contribution in [-0.4, -0.2) is 16.0 Å². The van der Waals surface area contributed by atoms with Gasteiger partial charge in [-0.25, -0.2) is 0 Å². The van der Waals surface area contributed by atoms with E-state index in [2.05, 4.69) is 10.1 Å². The Morgan fingerprint density at radius 3 is 2.71 bits per heavy atom. The standard InChI is InChI=1S/C10H9ClN2O/c11-7-6-9-12-10(13-14-9)8-4-2-1-3-5-8/h1-5H,6-7H2. The average molecular weight is 209 g/mol. The zero-order valence-corrected chi connectivity index (χ0v) is 8.24. The van der Waals surface area contributed by atoms with Gasteiger partial charge in [0.1, 0.15) is 0 Å². The Bertz CT molecular complexity index is 400. The van der Waals surface area contributed by atoms with E-state index in [-0.39, 0.29) is 0 Å². The zero-order valence-electron chi connectivity index (χ0n) is 7.48. The lowest BCUT2D eigenvalue weighted by Crippen LogP contribution is -1.85. The van der Waals surface area contributed by atoms with E-state index in [1.807, 2.05) is 30.3 Å². The molecule has 0 spiro atoms. The molecule has 1 heterocycles. The molecule has 0 saturated carbocycles. The molecule has 0 saturated heterocycles. The lowest BCUT2D eigenvalue weighted by molar-refractivity contribution is 0.383. The number of hydrogen-bond donors (Lipinski definition) is 0. The number of alkyl halides is 1. The first-order valence-electron chi connectivity index (χ1n) is 4.34. The van der Waals surface area contributed by atoms with Gasteiger partial charge >= 0.3 is 0 Å². The fourth-order valence-corrected chi connectivity index (χ4v) is 1.30. The molecule has 4 heteroatoms. The second-order valence-electron chi connectivity index (χ2n) is 2.82. The topological polar surface area (TPSA) is 38.9 Å². The van der Waals surface area contributed by atoms with Crippen molar-refractivity contribution in [1.82, 2.24) is 10.1 Å². The van der Waals surface area contributed by atoms with Crippen molar-refractivity contribution in [2.45, 2.75) is 6.42 Å². The van der Waals surface area contributed by atoms with E-state index in [4.69, 9.17) is 16.1 Å². The lowest BCUT2D eigenvalue weighted by atomic mass is 10.2. The van der Waals surface area contributed by atoms with Crippen molar-refractivity contribution in [2.24, 2.45) is 0 Å². The normalized spacial score (nSPS) is 10.4. The molecule has 3 nitrogen and oxygen atoms in total. The predicted molar refractivity (Wildman–Crippen MR) is 54.2 cm³/mol. The highest BCUT2D eigenvalue weighted by molar-refractivity contribution is 6.17. The summed E-state index contributed by atoms with van der Waals surface area (Å²) in [5.41, 5.74) is 0.956. The first-order valence-corrected chi connectivity index (χ1v) is 4.87. The second-order valence-corrected chi connectivity index (χ2v) is 3.19. The highest BCUT2D eigenvalue weighted by Gasteiger charge is 2.06. The van der Waals surface area contributed by atoms with E-state index in [0.717, 1.165) is 5.56 Å². The molecule has 72 valence electrons. The summed E-state index contributed by atoms with van der Waals surface area (Å²) in [7, 11) is 0. The molecule has 0 radical (unpaired) electrons. The zero-order chi connectivity index (χ0) is 9.80. The van der Waals surface area contributed by atoms with Crippen molar-refractivity contribution in [3.63, 3.8) is 0 Å². The smallest absolute Gasteiger partial charge is 0.228 e. The number of hydrogen-bond acceptors (Lipinski definition) is 3. The van der Waals surface area contributed by atoms with Gasteiger partial charge in [-0.2, -0.15) is 4.98 Å². The minimum absolute atomic E-state index is 0.496. The Kier molecular flexibility index (Phi) is 2.79. The quantitative estimate of drug-likeness (QED) is 0.728. The van der Waals surface area contributed by atoms with Gasteiger partial charge in [-0.1, -0.05) is 35.5 Å². The van der Waals surface area contributed by atoms with Crippen LogP contribution in [0.4, 0.5) is 0 Å². The van der Waals surface area contributed by atoms with Crippen LogP contribution in [0.5, 0.6) is 0 Å². The number of halogens is 1. The fourth-order valence-electron chi connectivity index (χ4n) is 1.14. The van der Waals surface area contributed by atoms with E-state index in [1.165, 1.54) is 0 Å². The Labute approximate surface area is 86.7 Å². The third-order valence-corrected chi connectivity index (χ3v) is 2.00. The van der Waals surface area contributed by atoms with Crippen molar-refractivity contribution in [1.29, 1.82) is 0 Å². The fraction of sp³-hybridized carbons (Fsp3) is 0.200. The molecular formula is C10H9ClN2O. The first-order chi connectivity index (χ1) is 6.90. The van der Waals surface area contributed by atoms with Crippen LogP contribution in [0.25, 0.3) is 11.4 Å². The van der Waals surface area contributed by atoms with Gasteiger partial charge in [0.25, 0.3) is 0 Å². The summed E-state index contributed by atoms with van der Waals surface area (Å²) in [4.78, 5) is 4.21. The SMILES string of the molecule is ClCCc1nc(-c2ccccc2)no1. The van der Waals surface area contributed by atoms with Crippen molar-refractivity contribution >= 4 is 11.6 Å². The number of benzene rings is 1. The summed E-state index contributed by atoms with van der Waals surface area (Å²) < 4.78 is 5.01. The van der Waals surface area contributed by atoms with Crippen LogP contribution in [0.15, 0.2) is 34.9 Å². The van der Waals surface area contributed by atoms with E-state index in [0.29, 0.717) is 24.0 Å². The monoisotopic (exact) mass is 208 g/mol. The summed E-state index contributed by atoms with van der Waals surface area (Å²) in [6, 6.07) is 9.70. The van der Waals surface area contributed by atoms with Crippen LogP contribution >= 0.6 is 11.6 Å². The van der Waals surface area contributed by atoms with Gasteiger partial charge in [0.15, 0.2) is 0 Å². The lowest BCUT2D eigenvalue weighted by Gasteiger charge is -1.90. The molecule has 0 unspecified atom stereocenters. The number of rotatable bonds is 3. The molecule has 14 heavy (non-hydrogen) atoms. The van der Waals surface area contributed by atoms with Crippen molar-refractivity contribution < 1.29 is 4.52 Å². The van der Waals surface area contributed by atoms with Crippen LogP contribution in [0.1, 0.15) is 5.89 Å². The summed E-state index contributed by atoms with van der Waals surface area (Å²) in [6.07, 6.45) is 0.612. The van der Waals surface area contributed by atoms with Gasteiger partial charge < -0.3 is 4.52 Å². The Balaban J connectivity index is 2.25. The Morgan fingerprint density at radius 2 is 2.00 bits per heavy atom. The number of aromatic nitrogens is 2. The second kappa shape index (κ2) is 4.24. The molecule has 0 aliphatic heterocycles. The molecule has 1 aromatic carbocycles. The highest BCUT2D eigenvalue weighted by Crippen LogP contribution is 2.14. The summed E-state index contributed by atoms with van der Waals surface area (Å²) in [6.45, 7) is 0. The molecule has 0 atom stereocenters. The highest BCUT2D eigenvalue weighted by atomic mass is 35.5. The summed E-state index contributed by atoms with van der Waals surface area (Å²) in [5.74, 6) is 1.70. The van der Waals surface area contributed by atoms with E-state index >= 15 is 0 Å². The van der Waals surface area contributed by atoms with Crippen molar-refractivity contribution in [3.05, 3.63) is 36.2 Å². The van der Waals surface area contributed by atoms with E-state index in [9.17, 15) is 0 Å². The molecule has 0 aliphatic rings. The molecular weight excluding hydrogens is 200 g/mol. The number of aryl methyl sites for hydroxylation is 1. The molecule has 1 aromatic heterocycles.